The highest BCUT2D eigenvalue weighted by Gasteiger charge is 2.24. The molecule has 0 bridgehead atoms. The fraction of sp³-hybridized carbons (Fsp3) is 0.250. The molecule has 0 radical (unpaired) electrons. The average Bonchev–Trinajstić information content (AvgIpc) is 3.22. The van der Waals surface area contributed by atoms with Gasteiger partial charge in [-0.1, -0.05) is 0 Å². The number of halogens is 1. The largest absolute Gasteiger partial charge is 0.495 e. The van der Waals surface area contributed by atoms with Crippen LogP contribution >= 0.6 is 23.1 Å². The van der Waals surface area contributed by atoms with Crippen molar-refractivity contribution in [3.63, 3.8) is 0 Å². The maximum absolute atomic E-state index is 13.4. The maximum atomic E-state index is 13.4. The minimum Gasteiger partial charge on any atom is -0.495 e. The maximum Gasteiger partial charge on any atom is 0.229 e. The number of nitrogens with one attached hydrogen (secondary N) is 2. The van der Waals surface area contributed by atoms with Crippen LogP contribution in [0.1, 0.15) is 11.3 Å². The number of aryl methyl sites for hydroxylation is 1. The summed E-state index contributed by atoms with van der Waals surface area (Å²) in [5, 5.41) is 11.8. The van der Waals surface area contributed by atoms with Crippen molar-refractivity contribution in [2.45, 2.75) is 13.1 Å². The number of benzene rings is 2. The lowest BCUT2D eigenvalue weighted by Gasteiger charge is -2.18. The van der Waals surface area contributed by atoms with E-state index in [9.17, 15) is 4.57 Å². The van der Waals surface area contributed by atoms with Gasteiger partial charge in [-0.2, -0.15) is 10.1 Å². The molecule has 2 N–H and O–H groups in total. The van der Waals surface area contributed by atoms with Crippen molar-refractivity contribution in [3.05, 3.63) is 64.8 Å². The molecule has 0 saturated heterocycles. The first-order valence-corrected chi connectivity index (χ1v) is 16.3. The summed E-state index contributed by atoms with van der Waals surface area (Å²) in [5.41, 5.74) is 7.13. The lowest BCUT2D eigenvalue weighted by molar-refractivity contribution is 0.312. The molecule has 210 valence electrons. The second-order valence-electron chi connectivity index (χ2n) is 10.4. The second-order valence-corrected chi connectivity index (χ2v) is 14.4. The van der Waals surface area contributed by atoms with Gasteiger partial charge in [0.1, 0.15) is 24.2 Å². The predicted octanol–water partition coefficient (Wildman–Crippen LogP) is 5.27. The summed E-state index contributed by atoms with van der Waals surface area (Å²) >= 11 is 3.56. The monoisotopic (exact) mass is 633 g/mol. The van der Waals surface area contributed by atoms with E-state index < -0.39 is 7.14 Å². The van der Waals surface area contributed by atoms with Gasteiger partial charge in [0, 0.05) is 44.3 Å². The van der Waals surface area contributed by atoms with E-state index in [1.165, 1.54) is 0 Å². The van der Waals surface area contributed by atoms with E-state index in [-0.39, 0.29) is 0 Å². The molecule has 4 heterocycles. The number of aromatic nitrogens is 6. The highest BCUT2D eigenvalue weighted by molar-refractivity contribution is 9.10. The Morgan fingerprint density at radius 3 is 2.56 bits per heavy atom. The van der Waals surface area contributed by atoms with Crippen LogP contribution in [-0.2, 0) is 24.7 Å². The number of ether oxygens (including phenoxy) is 1. The molecule has 0 spiro atoms. The topological polar surface area (TPSA) is 123 Å². The number of nitrogens with zero attached hydrogens (tertiary/aromatic N) is 7. The van der Waals surface area contributed by atoms with Crippen LogP contribution in [0.3, 0.4) is 0 Å². The molecule has 0 saturated carbocycles. The molecule has 11 nitrogen and oxygen atoms in total. The molecule has 41 heavy (non-hydrogen) atoms. The summed E-state index contributed by atoms with van der Waals surface area (Å²) in [4.78, 5) is 20.4. The molecular weight excluding hydrogens is 605 g/mol. The van der Waals surface area contributed by atoms with Gasteiger partial charge in [0.15, 0.2) is 0 Å². The molecular formula is C28H29BrN9O2P. The van der Waals surface area contributed by atoms with Crippen LogP contribution in [-0.4, -0.2) is 62.1 Å². The Hall–Kier alpha value is -3.86. The lowest BCUT2D eigenvalue weighted by atomic mass is 9.99. The Morgan fingerprint density at radius 2 is 1.78 bits per heavy atom. The van der Waals surface area contributed by atoms with Gasteiger partial charge < -0.3 is 19.9 Å². The number of hydrogen-bond donors (Lipinski definition) is 2. The van der Waals surface area contributed by atoms with Crippen molar-refractivity contribution >= 4 is 62.6 Å². The van der Waals surface area contributed by atoms with E-state index >= 15 is 0 Å². The highest BCUT2D eigenvalue weighted by Crippen LogP contribution is 2.42. The number of hydrogen-bond acceptors (Lipinski definition) is 10. The standard InChI is InChI=1S/C28H29BrN9O2P/c1-37-14-16-10-24(40-3)22(11-17(16)18-12-33-38(2)23(18)15-37)35-28-32-13-19(29)27(36-28)34-21-7-6-20-25(31-9-8-30-20)26(21)41(4,5)39/h6-13H,14-15H2,1-5H3,(H2,32,34,35,36). The zero-order valence-corrected chi connectivity index (χ0v) is 25.8. The van der Waals surface area contributed by atoms with E-state index in [1.807, 2.05) is 30.1 Å². The Morgan fingerprint density at radius 1 is 0.976 bits per heavy atom. The normalized spacial score (nSPS) is 13.4. The third kappa shape index (κ3) is 5.18. The first-order valence-electron chi connectivity index (χ1n) is 12.9. The van der Waals surface area contributed by atoms with E-state index in [4.69, 9.17) is 9.72 Å². The first-order chi connectivity index (χ1) is 19.6. The minimum absolute atomic E-state index is 0.365. The smallest absolute Gasteiger partial charge is 0.229 e. The molecule has 13 heteroatoms. The Bertz CT molecular complexity index is 1850. The molecule has 0 atom stereocenters. The van der Waals surface area contributed by atoms with Gasteiger partial charge in [-0.3, -0.25) is 19.5 Å². The quantitative estimate of drug-likeness (QED) is 0.239. The van der Waals surface area contributed by atoms with Gasteiger partial charge in [0.2, 0.25) is 5.95 Å². The fourth-order valence-electron chi connectivity index (χ4n) is 5.18. The summed E-state index contributed by atoms with van der Waals surface area (Å²) in [6.45, 7) is 5.02. The van der Waals surface area contributed by atoms with Crippen LogP contribution in [0.15, 0.2) is 53.5 Å². The van der Waals surface area contributed by atoms with E-state index in [0.29, 0.717) is 44.0 Å². The Kier molecular flexibility index (Phi) is 7.01. The van der Waals surface area contributed by atoms with Crippen LogP contribution in [0, 0.1) is 0 Å². The number of anilines is 4. The van der Waals surface area contributed by atoms with Crippen molar-refractivity contribution in [3.8, 4) is 16.9 Å². The first kappa shape index (κ1) is 27.3. The molecule has 2 aromatic carbocycles. The van der Waals surface area contributed by atoms with Crippen molar-refractivity contribution in [2.75, 3.05) is 38.1 Å². The predicted molar refractivity (Wildman–Crippen MR) is 165 cm³/mol. The van der Waals surface area contributed by atoms with Crippen molar-refractivity contribution in [2.24, 2.45) is 7.05 Å². The van der Waals surface area contributed by atoms with Gasteiger partial charge in [-0.05, 0) is 71.7 Å². The zero-order valence-electron chi connectivity index (χ0n) is 23.3. The zero-order chi connectivity index (χ0) is 28.9. The Labute approximate surface area is 245 Å². The molecule has 0 amide bonds. The van der Waals surface area contributed by atoms with Gasteiger partial charge in [0.05, 0.1) is 45.7 Å². The van der Waals surface area contributed by atoms with Gasteiger partial charge in [-0.15, -0.1) is 0 Å². The SMILES string of the molecule is COc1cc2c(cc1Nc1ncc(Br)c(Nc3ccc4nccnc4c3P(C)(C)=O)n1)-c1cnn(C)c1CN(C)C2. The lowest BCUT2D eigenvalue weighted by Crippen LogP contribution is -2.17. The summed E-state index contributed by atoms with van der Waals surface area (Å²) < 4.78 is 21.7. The Balaban J connectivity index is 1.39. The van der Waals surface area contributed by atoms with Gasteiger partial charge in [0.25, 0.3) is 0 Å². The molecule has 0 fully saturated rings. The molecule has 1 aliphatic rings. The van der Waals surface area contributed by atoms with Crippen molar-refractivity contribution in [1.82, 2.24) is 34.6 Å². The number of rotatable bonds is 6. The fourth-order valence-corrected chi connectivity index (χ4v) is 6.86. The van der Waals surface area contributed by atoms with E-state index in [0.717, 1.165) is 41.2 Å². The van der Waals surface area contributed by atoms with Crippen LogP contribution in [0.2, 0.25) is 0 Å². The summed E-state index contributed by atoms with van der Waals surface area (Å²) in [7, 11) is 2.97. The molecule has 0 unspecified atom stereocenters. The van der Waals surface area contributed by atoms with Gasteiger partial charge >= 0.3 is 0 Å². The molecule has 1 aliphatic heterocycles. The third-order valence-electron chi connectivity index (χ3n) is 7.03. The molecule has 5 aromatic rings. The summed E-state index contributed by atoms with van der Waals surface area (Å²) in [6.07, 6.45) is 6.81. The summed E-state index contributed by atoms with van der Waals surface area (Å²) in [5.74, 6) is 1.55. The number of methoxy groups -OCH3 is 1. The molecule has 3 aromatic heterocycles. The van der Waals surface area contributed by atoms with Crippen LogP contribution in [0.4, 0.5) is 23.1 Å². The minimum atomic E-state index is -2.74. The number of fused-ring (bicyclic) bond motifs is 4. The molecule has 6 rings (SSSR count). The average molecular weight is 634 g/mol. The van der Waals surface area contributed by atoms with Crippen LogP contribution < -0.4 is 20.7 Å². The second kappa shape index (κ2) is 10.5. The van der Waals surface area contributed by atoms with Crippen molar-refractivity contribution < 1.29 is 9.30 Å². The van der Waals surface area contributed by atoms with E-state index in [2.05, 4.69) is 70.7 Å². The summed E-state index contributed by atoms with van der Waals surface area (Å²) in [6, 6.07) is 7.82. The van der Waals surface area contributed by atoms with Crippen molar-refractivity contribution in [1.29, 1.82) is 0 Å². The third-order valence-corrected chi connectivity index (χ3v) is 9.14. The van der Waals surface area contributed by atoms with Gasteiger partial charge in [-0.25, -0.2) is 4.98 Å². The van der Waals surface area contributed by atoms with E-state index in [1.54, 1.807) is 39.0 Å². The molecule has 0 aliphatic carbocycles. The van der Waals surface area contributed by atoms with Crippen LogP contribution in [0.25, 0.3) is 22.2 Å². The van der Waals surface area contributed by atoms with Crippen LogP contribution in [0.5, 0.6) is 5.75 Å². The highest BCUT2D eigenvalue weighted by atomic mass is 79.9.